The van der Waals surface area contributed by atoms with Crippen molar-refractivity contribution in [1.82, 2.24) is 9.80 Å². The number of fused-ring (bicyclic) bond motifs is 2. The maximum absolute atomic E-state index is 11.8. The van der Waals surface area contributed by atoms with Crippen LogP contribution in [0.2, 0.25) is 0 Å². The van der Waals surface area contributed by atoms with Crippen molar-refractivity contribution in [1.29, 1.82) is 0 Å². The summed E-state index contributed by atoms with van der Waals surface area (Å²) in [4.78, 5) is 16.4. The average Bonchev–Trinajstić information content (AvgIpc) is 2.41. The summed E-state index contributed by atoms with van der Waals surface area (Å²) < 4.78 is 0. The number of nitrogens with zero attached hydrogens (tertiary/aromatic N) is 2. The fourth-order valence-electron chi connectivity index (χ4n) is 2.91. The predicted molar refractivity (Wildman–Crippen MR) is 60.7 cm³/mol. The van der Waals surface area contributed by atoms with Gasteiger partial charge in [0, 0.05) is 31.6 Å². The highest BCUT2D eigenvalue weighted by Gasteiger charge is 2.35. The second-order valence-corrected chi connectivity index (χ2v) is 4.93. The predicted octanol–water partition coefficient (Wildman–Crippen LogP) is 1.48. The Kier molecular flexibility index (Phi) is 3.29. The normalized spacial score (nSPS) is 31.7. The Labute approximate surface area is 92.4 Å². The Bertz CT molecular complexity index is 242. The van der Waals surface area contributed by atoms with E-state index in [1.54, 1.807) is 0 Å². The second-order valence-electron chi connectivity index (χ2n) is 4.93. The molecular formula is C12H22N2O. The first-order valence-corrected chi connectivity index (χ1v) is 6.22. The third kappa shape index (κ3) is 2.17. The molecular weight excluding hydrogens is 188 g/mol. The van der Waals surface area contributed by atoms with Crippen LogP contribution in [0.15, 0.2) is 0 Å². The summed E-state index contributed by atoms with van der Waals surface area (Å²) in [6.07, 6.45) is 5.47. The molecule has 2 atom stereocenters. The van der Waals surface area contributed by atoms with Crippen molar-refractivity contribution < 1.29 is 4.79 Å². The largest absolute Gasteiger partial charge is 0.341 e. The van der Waals surface area contributed by atoms with Crippen LogP contribution in [0, 0.1) is 0 Å². The summed E-state index contributed by atoms with van der Waals surface area (Å²) in [5.41, 5.74) is 0. The minimum atomic E-state index is 0.360. The molecule has 2 bridgehead atoms. The van der Waals surface area contributed by atoms with E-state index in [4.69, 9.17) is 0 Å². The van der Waals surface area contributed by atoms with E-state index in [0.717, 1.165) is 32.0 Å². The van der Waals surface area contributed by atoms with E-state index in [-0.39, 0.29) is 0 Å². The topological polar surface area (TPSA) is 23.6 Å². The summed E-state index contributed by atoms with van der Waals surface area (Å²) in [6.45, 7) is 4.02. The van der Waals surface area contributed by atoms with E-state index >= 15 is 0 Å². The molecule has 3 nitrogen and oxygen atoms in total. The summed E-state index contributed by atoms with van der Waals surface area (Å²) in [5, 5.41) is 0. The van der Waals surface area contributed by atoms with Crippen LogP contribution in [0.5, 0.6) is 0 Å². The number of carbonyl (C=O) groups excluding carboxylic acids is 1. The molecule has 0 aliphatic carbocycles. The number of likely N-dealkylation sites (tertiary alicyclic amines) is 1. The summed E-state index contributed by atoms with van der Waals surface area (Å²) in [7, 11) is 2.22. The van der Waals surface area contributed by atoms with Gasteiger partial charge in [-0.2, -0.15) is 0 Å². The van der Waals surface area contributed by atoms with Gasteiger partial charge in [-0.25, -0.2) is 0 Å². The molecule has 1 amide bonds. The van der Waals surface area contributed by atoms with Gasteiger partial charge in [0.05, 0.1) is 0 Å². The molecule has 2 fully saturated rings. The van der Waals surface area contributed by atoms with Crippen LogP contribution in [0.25, 0.3) is 0 Å². The minimum absolute atomic E-state index is 0.360. The molecule has 2 unspecified atom stereocenters. The van der Waals surface area contributed by atoms with Crippen LogP contribution in [-0.2, 0) is 4.79 Å². The monoisotopic (exact) mass is 210 g/mol. The van der Waals surface area contributed by atoms with Crippen molar-refractivity contribution in [2.45, 2.75) is 51.1 Å². The fourth-order valence-corrected chi connectivity index (χ4v) is 2.91. The highest BCUT2D eigenvalue weighted by molar-refractivity contribution is 5.76. The summed E-state index contributed by atoms with van der Waals surface area (Å²) >= 11 is 0. The lowest BCUT2D eigenvalue weighted by atomic mass is 10.1. The Morgan fingerprint density at radius 3 is 2.73 bits per heavy atom. The van der Waals surface area contributed by atoms with Crippen LogP contribution in [0.4, 0.5) is 0 Å². The fraction of sp³-hybridized carbons (Fsp3) is 0.917. The minimum Gasteiger partial charge on any atom is -0.341 e. The number of likely N-dealkylation sites (N-methyl/N-ethyl adjacent to an activating group) is 1. The third-order valence-electron chi connectivity index (χ3n) is 3.96. The zero-order valence-electron chi connectivity index (χ0n) is 9.91. The molecule has 2 saturated heterocycles. The zero-order valence-corrected chi connectivity index (χ0v) is 9.91. The summed E-state index contributed by atoms with van der Waals surface area (Å²) in [6, 6.07) is 1.35. The first kappa shape index (κ1) is 10.9. The van der Waals surface area contributed by atoms with Crippen molar-refractivity contribution >= 4 is 5.91 Å². The van der Waals surface area contributed by atoms with Gasteiger partial charge in [-0.05, 0) is 32.7 Å². The van der Waals surface area contributed by atoms with Crippen molar-refractivity contribution in [3.63, 3.8) is 0 Å². The van der Waals surface area contributed by atoms with Gasteiger partial charge < -0.3 is 4.90 Å². The smallest absolute Gasteiger partial charge is 0.222 e. The molecule has 0 N–H and O–H groups in total. The van der Waals surface area contributed by atoms with E-state index in [1.165, 1.54) is 19.3 Å². The van der Waals surface area contributed by atoms with Crippen LogP contribution >= 0.6 is 0 Å². The Balaban J connectivity index is 1.97. The van der Waals surface area contributed by atoms with Gasteiger partial charge in [-0.3, -0.25) is 9.69 Å². The first-order valence-electron chi connectivity index (χ1n) is 6.22. The molecule has 0 spiro atoms. The molecule has 0 aromatic rings. The number of rotatable bonds is 2. The molecule has 2 aliphatic heterocycles. The van der Waals surface area contributed by atoms with Gasteiger partial charge in [-0.1, -0.05) is 6.92 Å². The van der Waals surface area contributed by atoms with Gasteiger partial charge in [0.25, 0.3) is 0 Å². The lowest BCUT2D eigenvalue weighted by Gasteiger charge is -2.25. The molecule has 0 aromatic carbocycles. The first-order chi connectivity index (χ1) is 7.22. The molecule has 0 saturated carbocycles. The van der Waals surface area contributed by atoms with Crippen LogP contribution < -0.4 is 0 Å². The van der Waals surface area contributed by atoms with Crippen molar-refractivity contribution in [2.75, 3.05) is 20.1 Å². The molecule has 2 heterocycles. The molecule has 3 heteroatoms. The summed E-state index contributed by atoms with van der Waals surface area (Å²) in [5.74, 6) is 0.360. The van der Waals surface area contributed by atoms with E-state index in [1.807, 2.05) is 0 Å². The maximum Gasteiger partial charge on any atom is 0.222 e. The van der Waals surface area contributed by atoms with Gasteiger partial charge in [0.1, 0.15) is 0 Å². The van der Waals surface area contributed by atoms with Gasteiger partial charge >= 0.3 is 0 Å². The lowest BCUT2D eigenvalue weighted by molar-refractivity contribution is -0.131. The Hall–Kier alpha value is -0.570. The SMILES string of the molecule is CCCC(=O)N1CCC2CCC(C1)N2C. The van der Waals surface area contributed by atoms with Crippen LogP contribution in [-0.4, -0.2) is 47.9 Å². The molecule has 0 aromatic heterocycles. The van der Waals surface area contributed by atoms with Crippen molar-refractivity contribution in [3.05, 3.63) is 0 Å². The van der Waals surface area contributed by atoms with Crippen molar-refractivity contribution in [2.24, 2.45) is 0 Å². The molecule has 15 heavy (non-hydrogen) atoms. The molecule has 0 radical (unpaired) electrons. The maximum atomic E-state index is 11.8. The highest BCUT2D eigenvalue weighted by Crippen LogP contribution is 2.28. The molecule has 86 valence electrons. The molecule has 2 rings (SSSR count). The third-order valence-corrected chi connectivity index (χ3v) is 3.96. The molecule has 2 aliphatic rings. The highest BCUT2D eigenvalue weighted by atomic mass is 16.2. The van der Waals surface area contributed by atoms with Crippen molar-refractivity contribution in [3.8, 4) is 0 Å². The number of amides is 1. The number of carbonyl (C=O) groups is 1. The Morgan fingerprint density at radius 2 is 2.00 bits per heavy atom. The van der Waals surface area contributed by atoms with Gasteiger partial charge in [-0.15, -0.1) is 0 Å². The average molecular weight is 210 g/mol. The standard InChI is InChI=1S/C12H22N2O/c1-3-4-12(15)14-8-7-10-5-6-11(9-14)13(10)2/h10-11H,3-9H2,1-2H3. The number of hydrogen-bond acceptors (Lipinski definition) is 2. The Morgan fingerprint density at radius 1 is 1.27 bits per heavy atom. The zero-order chi connectivity index (χ0) is 10.8. The van der Waals surface area contributed by atoms with Gasteiger partial charge in [0.15, 0.2) is 0 Å². The lowest BCUT2D eigenvalue weighted by Crippen LogP contribution is -2.39. The van der Waals surface area contributed by atoms with Crippen LogP contribution in [0.1, 0.15) is 39.0 Å². The van der Waals surface area contributed by atoms with E-state index in [2.05, 4.69) is 23.8 Å². The van der Waals surface area contributed by atoms with Crippen LogP contribution in [0.3, 0.4) is 0 Å². The van der Waals surface area contributed by atoms with Gasteiger partial charge in [0.2, 0.25) is 5.91 Å². The quantitative estimate of drug-likeness (QED) is 0.689. The second kappa shape index (κ2) is 4.52. The number of hydrogen-bond donors (Lipinski definition) is 0. The van der Waals surface area contributed by atoms with E-state index < -0.39 is 0 Å². The van der Waals surface area contributed by atoms with E-state index in [9.17, 15) is 4.79 Å². The van der Waals surface area contributed by atoms with E-state index in [0.29, 0.717) is 11.9 Å².